The number of hydrogen-bond donors (Lipinski definition) is 2. The highest BCUT2D eigenvalue weighted by molar-refractivity contribution is 5.96. The highest BCUT2D eigenvalue weighted by Crippen LogP contribution is 2.44. The van der Waals surface area contributed by atoms with Crippen LogP contribution in [0, 0.1) is 11.8 Å². The topological polar surface area (TPSA) is 70.2 Å². The van der Waals surface area contributed by atoms with Crippen molar-refractivity contribution in [3.63, 3.8) is 0 Å². The quantitative estimate of drug-likeness (QED) is 0.731. The van der Waals surface area contributed by atoms with Crippen LogP contribution >= 0.6 is 24.8 Å². The number of aryl methyl sites for hydroxylation is 2. The van der Waals surface area contributed by atoms with Gasteiger partial charge in [0.1, 0.15) is 17.3 Å². The van der Waals surface area contributed by atoms with Crippen molar-refractivity contribution in [3.8, 4) is 0 Å². The summed E-state index contributed by atoms with van der Waals surface area (Å²) in [6, 6.07) is 11.8. The largest absolute Gasteiger partial charge is 0.356 e. The number of anilines is 1. The third-order valence-electron chi connectivity index (χ3n) is 7.35. The van der Waals surface area contributed by atoms with Crippen LogP contribution in [-0.4, -0.2) is 47.6 Å². The van der Waals surface area contributed by atoms with Crippen LogP contribution in [0.1, 0.15) is 40.3 Å². The fourth-order valence-corrected chi connectivity index (χ4v) is 5.95. The second-order valence-electron chi connectivity index (χ2n) is 8.97. The van der Waals surface area contributed by atoms with Gasteiger partial charge in [-0.15, -0.1) is 24.8 Å². The molecule has 2 aromatic rings. The van der Waals surface area contributed by atoms with Crippen molar-refractivity contribution in [1.29, 1.82) is 0 Å². The molecule has 4 aliphatic heterocycles. The van der Waals surface area contributed by atoms with Gasteiger partial charge in [-0.05, 0) is 43.1 Å². The third-order valence-corrected chi connectivity index (χ3v) is 7.35. The van der Waals surface area contributed by atoms with Crippen LogP contribution in [0.4, 0.5) is 5.82 Å². The normalized spacial score (nSPS) is 27.7. The molecule has 8 heteroatoms. The molecule has 0 unspecified atom stereocenters. The van der Waals surface area contributed by atoms with Crippen LogP contribution in [0.5, 0.6) is 0 Å². The summed E-state index contributed by atoms with van der Waals surface area (Å²) in [5.74, 6) is 3.23. The predicted molar refractivity (Wildman–Crippen MR) is 126 cm³/mol. The molecule has 4 aliphatic rings. The molecular weight excluding hydrogens is 433 g/mol. The van der Waals surface area contributed by atoms with Gasteiger partial charge in [-0.3, -0.25) is 4.79 Å². The first-order chi connectivity index (χ1) is 14.3. The number of carbonyl (C=O) groups is 1. The summed E-state index contributed by atoms with van der Waals surface area (Å²) in [5.41, 5.74) is 2.93. The summed E-state index contributed by atoms with van der Waals surface area (Å²) in [7, 11) is 0. The van der Waals surface area contributed by atoms with Crippen molar-refractivity contribution >= 4 is 36.5 Å². The molecule has 1 amide bonds. The van der Waals surface area contributed by atoms with Gasteiger partial charge in [0.05, 0.1) is 0 Å². The zero-order chi connectivity index (χ0) is 19.4. The second-order valence-corrected chi connectivity index (χ2v) is 8.97. The number of benzene rings is 1. The van der Waals surface area contributed by atoms with Gasteiger partial charge in [0.25, 0.3) is 5.91 Å². The van der Waals surface area contributed by atoms with Gasteiger partial charge in [0.15, 0.2) is 0 Å². The zero-order valence-corrected chi connectivity index (χ0v) is 19.1. The Morgan fingerprint density at radius 3 is 2.39 bits per heavy atom. The molecule has 6 rings (SSSR count). The van der Waals surface area contributed by atoms with Gasteiger partial charge in [-0.2, -0.15) is 0 Å². The van der Waals surface area contributed by atoms with E-state index in [1.54, 1.807) is 0 Å². The Morgan fingerprint density at radius 1 is 0.968 bits per heavy atom. The van der Waals surface area contributed by atoms with Gasteiger partial charge in [-0.1, -0.05) is 30.3 Å². The zero-order valence-electron chi connectivity index (χ0n) is 17.4. The molecule has 2 bridgehead atoms. The van der Waals surface area contributed by atoms with E-state index in [0.717, 1.165) is 61.4 Å². The molecule has 0 radical (unpaired) electrons. The SMILES string of the molecule is Cl.Cl.O=C1NCCc2c1nc(CCc1ccccc1)nc2N1C[C@@H]2[C@H](C1)[C@@H]1CC[C@H]2N1. The predicted octanol–water partition coefficient (Wildman–Crippen LogP) is 2.58. The molecular formula is C23H29Cl2N5O. The maximum absolute atomic E-state index is 12.6. The van der Waals surface area contributed by atoms with E-state index in [-0.39, 0.29) is 30.7 Å². The lowest BCUT2D eigenvalue weighted by Crippen LogP contribution is -2.37. The number of nitrogens with zero attached hydrogens (tertiary/aromatic N) is 3. The molecule has 4 atom stereocenters. The summed E-state index contributed by atoms with van der Waals surface area (Å²) in [6.45, 7) is 2.79. The van der Waals surface area contributed by atoms with E-state index in [2.05, 4.69) is 39.8 Å². The minimum atomic E-state index is -0.0445. The highest BCUT2D eigenvalue weighted by Gasteiger charge is 2.52. The van der Waals surface area contributed by atoms with Crippen molar-refractivity contribution in [3.05, 3.63) is 53.0 Å². The lowest BCUT2D eigenvalue weighted by Gasteiger charge is -2.26. The number of rotatable bonds is 4. The summed E-state index contributed by atoms with van der Waals surface area (Å²) < 4.78 is 0. The fourth-order valence-electron chi connectivity index (χ4n) is 5.95. The van der Waals surface area contributed by atoms with Crippen molar-refractivity contribution in [2.24, 2.45) is 11.8 Å². The molecule has 1 aromatic heterocycles. The summed E-state index contributed by atoms with van der Waals surface area (Å²) in [6.07, 6.45) is 5.09. The van der Waals surface area contributed by atoms with E-state index in [0.29, 0.717) is 24.3 Å². The van der Waals surface area contributed by atoms with Crippen LogP contribution in [0.25, 0.3) is 0 Å². The molecule has 5 heterocycles. The van der Waals surface area contributed by atoms with Crippen LogP contribution in [0.3, 0.4) is 0 Å². The lowest BCUT2D eigenvalue weighted by atomic mass is 9.82. The monoisotopic (exact) mass is 461 g/mol. The number of halogens is 2. The van der Waals surface area contributed by atoms with Gasteiger partial charge in [0, 0.05) is 43.7 Å². The average Bonchev–Trinajstić information content (AvgIpc) is 3.46. The Labute approximate surface area is 195 Å². The number of aromatic nitrogens is 2. The first kappa shape index (κ1) is 22.3. The first-order valence-corrected chi connectivity index (χ1v) is 11.0. The maximum atomic E-state index is 12.6. The maximum Gasteiger partial charge on any atom is 0.270 e. The van der Waals surface area contributed by atoms with E-state index in [1.165, 1.54) is 18.4 Å². The van der Waals surface area contributed by atoms with Crippen LogP contribution in [0.15, 0.2) is 30.3 Å². The summed E-state index contributed by atoms with van der Waals surface area (Å²) in [5, 5.41) is 6.76. The minimum Gasteiger partial charge on any atom is -0.356 e. The molecule has 166 valence electrons. The van der Waals surface area contributed by atoms with Gasteiger partial charge in [-0.25, -0.2) is 9.97 Å². The Bertz CT molecular complexity index is 938. The molecule has 0 saturated carbocycles. The molecule has 0 spiro atoms. The summed E-state index contributed by atoms with van der Waals surface area (Å²) in [4.78, 5) is 24.7. The van der Waals surface area contributed by atoms with Gasteiger partial charge in [0.2, 0.25) is 0 Å². The number of fused-ring (bicyclic) bond motifs is 6. The number of nitrogens with one attached hydrogen (secondary N) is 2. The van der Waals surface area contributed by atoms with Crippen molar-refractivity contribution in [1.82, 2.24) is 20.6 Å². The minimum absolute atomic E-state index is 0. The third kappa shape index (κ3) is 3.90. The Hall–Kier alpha value is -1.89. The van der Waals surface area contributed by atoms with Crippen LogP contribution in [0.2, 0.25) is 0 Å². The molecule has 0 aliphatic carbocycles. The van der Waals surface area contributed by atoms with E-state index in [4.69, 9.17) is 9.97 Å². The molecule has 2 N–H and O–H groups in total. The molecule has 3 saturated heterocycles. The van der Waals surface area contributed by atoms with Gasteiger partial charge < -0.3 is 15.5 Å². The highest BCUT2D eigenvalue weighted by atomic mass is 35.5. The molecule has 6 nitrogen and oxygen atoms in total. The standard InChI is InChI=1S/C23H27N5O.2ClH/c29-23-21-15(10-11-24-23)22(27-20(26-21)9-6-14-4-2-1-3-5-14)28-12-16-17(13-28)19-8-7-18(16)25-19;;/h1-5,16-19,25H,6-13H2,(H,24,29);2*1H/t16-,17+,18-,19+;;. The fraction of sp³-hybridized carbons (Fsp3) is 0.522. The summed E-state index contributed by atoms with van der Waals surface area (Å²) >= 11 is 0. The van der Waals surface area contributed by atoms with E-state index < -0.39 is 0 Å². The smallest absolute Gasteiger partial charge is 0.270 e. The number of hydrogen-bond acceptors (Lipinski definition) is 5. The van der Waals surface area contributed by atoms with Crippen molar-refractivity contribution < 1.29 is 4.79 Å². The lowest BCUT2D eigenvalue weighted by molar-refractivity contribution is 0.0940. The Morgan fingerprint density at radius 2 is 1.68 bits per heavy atom. The molecule has 1 aromatic carbocycles. The van der Waals surface area contributed by atoms with E-state index >= 15 is 0 Å². The van der Waals surface area contributed by atoms with Gasteiger partial charge >= 0.3 is 0 Å². The van der Waals surface area contributed by atoms with Crippen molar-refractivity contribution in [2.75, 3.05) is 24.5 Å². The second kappa shape index (κ2) is 8.93. The number of carbonyl (C=O) groups excluding carboxylic acids is 1. The van der Waals surface area contributed by atoms with Crippen molar-refractivity contribution in [2.45, 2.75) is 44.2 Å². The molecule has 31 heavy (non-hydrogen) atoms. The molecule has 3 fully saturated rings. The Balaban J connectivity index is 0.00000116. The van der Waals surface area contributed by atoms with E-state index in [1.807, 2.05) is 6.07 Å². The average molecular weight is 462 g/mol. The van der Waals surface area contributed by atoms with Crippen LogP contribution < -0.4 is 15.5 Å². The van der Waals surface area contributed by atoms with E-state index in [9.17, 15) is 4.79 Å². The first-order valence-electron chi connectivity index (χ1n) is 11.0. The number of amides is 1. The van der Waals surface area contributed by atoms with Crippen LogP contribution in [-0.2, 0) is 19.3 Å². The Kier molecular flexibility index (Phi) is 6.42.